The molecule has 2 aliphatic rings. The van der Waals surface area contributed by atoms with Gasteiger partial charge in [0.1, 0.15) is 12.1 Å². The average Bonchev–Trinajstić information content (AvgIpc) is 3.50. The number of rotatable bonds is 6. The zero-order valence-electron chi connectivity index (χ0n) is 18.5. The number of carbonyl (C=O) groups excluding carboxylic acids is 3. The van der Waals surface area contributed by atoms with E-state index in [0.717, 1.165) is 31.2 Å². The van der Waals surface area contributed by atoms with E-state index < -0.39 is 29.9 Å². The standard InChI is InChI=1S/C23H29N3O6/c1-3-31-21(28)18-11-12-19(22(29)32-4-2)26(18)20(27)14-9-10-17-16(13-14)24-23(30)25(17)15-7-5-6-8-15/h9-10,13,15,18-19H,3-8,11-12H2,1-2H3,(H,24,30)/t18-,19+. The second-order valence-electron chi connectivity index (χ2n) is 8.30. The molecule has 9 nitrogen and oxygen atoms in total. The van der Waals surface area contributed by atoms with E-state index in [1.807, 2.05) is 0 Å². The Balaban J connectivity index is 1.68. The molecule has 0 spiro atoms. The first-order valence-corrected chi connectivity index (χ1v) is 11.4. The molecule has 1 aromatic carbocycles. The van der Waals surface area contributed by atoms with Gasteiger partial charge in [0, 0.05) is 11.6 Å². The van der Waals surface area contributed by atoms with Gasteiger partial charge in [0.25, 0.3) is 5.91 Å². The number of H-pyrrole nitrogens is 1. The second-order valence-corrected chi connectivity index (χ2v) is 8.30. The number of nitrogens with one attached hydrogen (secondary N) is 1. The number of esters is 2. The molecule has 2 fully saturated rings. The van der Waals surface area contributed by atoms with E-state index in [-0.39, 0.29) is 24.9 Å². The highest BCUT2D eigenvalue weighted by atomic mass is 16.5. The summed E-state index contributed by atoms with van der Waals surface area (Å²) in [5.41, 5.74) is 1.42. The minimum Gasteiger partial charge on any atom is -0.464 e. The van der Waals surface area contributed by atoms with Crippen LogP contribution in [0, 0.1) is 0 Å². The SMILES string of the molecule is CCOC(=O)[C@H]1CC[C@@H](C(=O)OCC)N1C(=O)c1ccc2c(c1)[nH]c(=O)n2C1CCCC1. The topological polar surface area (TPSA) is 111 Å². The largest absolute Gasteiger partial charge is 0.464 e. The average molecular weight is 444 g/mol. The third kappa shape index (κ3) is 3.91. The molecule has 1 saturated heterocycles. The van der Waals surface area contributed by atoms with Crippen molar-refractivity contribution < 1.29 is 23.9 Å². The van der Waals surface area contributed by atoms with Gasteiger partial charge in [-0.15, -0.1) is 0 Å². The van der Waals surface area contributed by atoms with Crippen LogP contribution in [0.15, 0.2) is 23.0 Å². The Bertz CT molecular complexity index is 1060. The Morgan fingerprint density at radius 3 is 2.12 bits per heavy atom. The molecule has 1 saturated carbocycles. The lowest BCUT2D eigenvalue weighted by Crippen LogP contribution is -2.48. The van der Waals surface area contributed by atoms with Gasteiger partial charge < -0.3 is 19.4 Å². The molecule has 0 bridgehead atoms. The monoisotopic (exact) mass is 443 g/mol. The Labute approximate surface area is 185 Å². The lowest BCUT2D eigenvalue weighted by atomic mass is 10.1. The number of imidazole rings is 1. The fourth-order valence-corrected chi connectivity index (χ4v) is 4.97. The van der Waals surface area contributed by atoms with Crippen molar-refractivity contribution in [3.8, 4) is 0 Å². The van der Waals surface area contributed by atoms with Gasteiger partial charge >= 0.3 is 17.6 Å². The number of aromatic amines is 1. The number of likely N-dealkylation sites (tertiary alicyclic amines) is 1. The molecule has 1 aliphatic heterocycles. The zero-order chi connectivity index (χ0) is 22.8. The van der Waals surface area contributed by atoms with Gasteiger partial charge in [-0.25, -0.2) is 14.4 Å². The van der Waals surface area contributed by atoms with Crippen LogP contribution >= 0.6 is 0 Å². The van der Waals surface area contributed by atoms with Crippen LogP contribution in [0.3, 0.4) is 0 Å². The summed E-state index contributed by atoms with van der Waals surface area (Å²) in [5, 5.41) is 0. The Kier molecular flexibility index (Phi) is 6.34. The predicted molar refractivity (Wildman–Crippen MR) is 116 cm³/mol. The van der Waals surface area contributed by atoms with Crippen molar-refractivity contribution in [2.24, 2.45) is 0 Å². The van der Waals surface area contributed by atoms with Crippen molar-refractivity contribution in [3.63, 3.8) is 0 Å². The van der Waals surface area contributed by atoms with Crippen molar-refractivity contribution in [3.05, 3.63) is 34.2 Å². The maximum atomic E-state index is 13.5. The van der Waals surface area contributed by atoms with Crippen LogP contribution in [0.1, 0.15) is 68.8 Å². The maximum absolute atomic E-state index is 13.5. The van der Waals surface area contributed by atoms with Crippen molar-refractivity contribution in [1.82, 2.24) is 14.5 Å². The first-order chi connectivity index (χ1) is 15.5. The van der Waals surface area contributed by atoms with Crippen LogP contribution in [0.2, 0.25) is 0 Å². The third-order valence-electron chi connectivity index (χ3n) is 6.39. The zero-order valence-corrected chi connectivity index (χ0v) is 18.5. The molecule has 9 heteroatoms. The fraction of sp³-hybridized carbons (Fsp3) is 0.565. The quantitative estimate of drug-likeness (QED) is 0.687. The summed E-state index contributed by atoms with van der Waals surface area (Å²) in [4.78, 5) is 55.2. The van der Waals surface area contributed by atoms with Gasteiger partial charge in [0.05, 0.1) is 24.2 Å². The van der Waals surface area contributed by atoms with E-state index in [2.05, 4.69) is 4.98 Å². The summed E-state index contributed by atoms with van der Waals surface area (Å²) in [6, 6.07) is 3.48. The maximum Gasteiger partial charge on any atom is 0.328 e. The number of hydrogen-bond acceptors (Lipinski definition) is 6. The lowest BCUT2D eigenvalue weighted by Gasteiger charge is -2.28. The molecule has 0 unspecified atom stereocenters. The van der Waals surface area contributed by atoms with E-state index in [1.54, 1.807) is 36.6 Å². The molecule has 1 aromatic heterocycles. The number of benzene rings is 1. The second kappa shape index (κ2) is 9.18. The minimum absolute atomic E-state index is 0.165. The van der Waals surface area contributed by atoms with Gasteiger partial charge in [-0.3, -0.25) is 9.36 Å². The number of ether oxygens (including phenoxy) is 2. The lowest BCUT2D eigenvalue weighted by molar-refractivity contribution is -0.151. The van der Waals surface area contributed by atoms with Crippen LogP contribution < -0.4 is 5.69 Å². The predicted octanol–water partition coefficient (Wildman–Crippen LogP) is 2.54. The summed E-state index contributed by atoms with van der Waals surface area (Å²) in [6.45, 7) is 3.76. The van der Waals surface area contributed by atoms with Gasteiger partial charge in [0.2, 0.25) is 0 Å². The molecule has 1 amide bonds. The molecular weight excluding hydrogens is 414 g/mol. The normalized spacial score (nSPS) is 21.2. The highest BCUT2D eigenvalue weighted by Gasteiger charge is 2.46. The smallest absolute Gasteiger partial charge is 0.328 e. The molecule has 4 rings (SSSR count). The number of nitrogens with zero attached hydrogens (tertiary/aromatic N) is 2. The van der Waals surface area contributed by atoms with E-state index in [1.165, 1.54) is 4.90 Å². The number of amides is 1. The van der Waals surface area contributed by atoms with Gasteiger partial charge in [-0.1, -0.05) is 12.8 Å². The molecule has 1 aliphatic carbocycles. The third-order valence-corrected chi connectivity index (χ3v) is 6.39. The number of carbonyl (C=O) groups is 3. The molecule has 2 aromatic rings. The molecular formula is C23H29N3O6. The summed E-state index contributed by atoms with van der Waals surface area (Å²) in [7, 11) is 0. The Hall–Kier alpha value is -3.10. The minimum atomic E-state index is -0.852. The Morgan fingerprint density at radius 2 is 1.56 bits per heavy atom. The first-order valence-electron chi connectivity index (χ1n) is 11.4. The van der Waals surface area contributed by atoms with E-state index in [4.69, 9.17) is 9.47 Å². The summed E-state index contributed by atoms with van der Waals surface area (Å²) < 4.78 is 12.1. The van der Waals surface area contributed by atoms with Crippen molar-refractivity contribution in [2.45, 2.75) is 70.5 Å². The molecule has 172 valence electrons. The fourth-order valence-electron chi connectivity index (χ4n) is 4.97. The summed E-state index contributed by atoms with van der Waals surface area (Å²) in [6.07, 6.45) is 4.77. The molecule has 2 heterocycles. The van der Waals surface area contributed by atoms with Crippen LogP contribution in [0.25, 0.3) is 11.0 Å². The van der Waals surface area contributed by atoms with E-state index >= 15 is 0 Å². The molecule has 0 radical (unpaired) electrons. The highest BCUT2D eigenvalue weighted by molar-refractivity contribution is 6.02. The first kappa shape index (κ1) is 22.1. The van der Waals surface area contributed by atoms with Crippen molar-refractivity contribution in [1.29, 1.82) is 0 Å². The van der Waals surface area contributed by atoms with Crippen LogP contribution in [-0.4, -0.2) is 57.6 Å². The Morgan fingerprint density at radius 1 is 0.969 bits per heavy atom. The van der Waals surface area contributed by atoms with Crippen LogP contribution in [-0.2, 0) is 19.1 Å². The van der Waals surface area contributed by atoms with Gasteiger partial charge in [0.15, 0.2) is 0 Å². The molecule has 32 heavy (non-hydrogen) atoms. The van der Waals surface area contributed by atoms with Crippen LogP contribution in [0.4, 0.5) is 0 Å². The summed E-state index contributed by atoms with van der Waals surface area (Å²) in [5.74, 6) is -1.53. The number of fused-ring (bicyclic) bond motifs is 1. The van der Waals surface area contributed by atoms with E-state index in [9.17, 15) is 19.2 Å². The molecule has 1 N–H and O–H groups in total. The van der Waals surface area contributed by atoms with Crippen molar-refractivity contribution in [2.75, 3.05) is 13.2 Å². The van der Waals surface area contributed by atoms with Crippen molar-refractivity contribution >= 4 is 28.9 Å². The van der Waals surface area contributed by atoms with Gasteiger partial charge in [-0.2, -0.15) is 0 Å². The number of aromatic nitrogens is 2. The molecule has 2 atom stereocenters. The highest BCUT2D eigenvalue weighted by Crippen LogP contribution is 2.32. The van der Waals surface area contributed by atoms with Gasteiger partial charge in [-0.05, 0) is 57.7 Å². The van der Waals surface area contributed by atoms with Crippen LogP contribution in [0.5, 0.6) is 0 Å². The number of hydrogen-bond donors (Lipinski definition) is 1. The summed E-state index contributed by atoms with van der Waals surface area (Å²) >= 11 is 0. The van der Waals surface area contributed by atoms with E-state index in [0.29, 0.717) is 23.9 Å².